The standard InChI is InChI=1S/C12H15N5/c1-3-14-10-9(1)11(16-8-15-10)17-4-2-12(7-17)5-13-6-12/h1,3,8,13H,2,4-7H2,(H,14,15,16). The quantitative estimate of drug-likeness (QED) is 0.758. The van der Waals surface area contributed by atoms with Gasteiger partial charge in [-0.15, -0.1) is 0 Å². The van der Waals surface area contributed by atoms with Crippen molar-refractivity contribution in [1.82, 2.24) is 20.3 Å². The summed E-state index contributed by atoms with van der Waals surface area (Å²) < 4.78 is 0. The first-order valence-corrected chi connectivity index (χ1v) is 6.10. The fourth-order valence-electron chi connectivity index (χ4n) is 2.99. The summed E-state index contributed by atoms with van der Waals surface area (Å²) >= 11 is 0. The van der Waals surface area contributed by atoms with Crippen molar-refractivity contribution in [2.24, 2.45) is 5.41 Å². The lowest BCUT2D eigenvalue weighted by Crippen LogP contribution is -2.54. The Morgan fingerprint density at radius 3 is 3.00 bits per heavy atom. The lowest BCUT2D eigenvalue weighted by molar-refractivity contribution is 0.199. The molecule has 5 heteroatoms. The molecule has 2 fully saturated rings. The smallest absolute Gasteiger partial charge is 0.142 e. The minimum atomic E-state index is 0.508. The summed E-state index contributed by atoms with van der Waals surface area (Å²) in [5.41, 5.74) is 1.44. The van der Waals surface area contributed by atoms with E-state index in [1.807, 2.05) is 6.20 Å². The van der Waals surface area contributed by atoms with Crippen LogP contribution in [0.4, 0.5) is 5.82 Å². The Balaban J connectivity index is 1.72. The number of hydrogen-bond donors (Lipinski definition) is 2. The van der Waals surface area contributed by atoms with E-state index in [-0.39, 0.29) is 0 Å². The number of anilines is 1. The van der Waals surface area contributed by atoms with Crippen molar-refractivity contribution in [3.8, 4) is 0 Å². The normalized spacial score (nSPS) is 22.2. The summed E-state index contributed by atoms with van der Waals surface area (Å²) in [5, 5.41) is 4.52. The number of aromatic nitrogens is 3. The summed E-state index contributed by atoms with van der Waals surface area (Å²) in [6, 6.07) is 2.06. The molecule has 4 heterocycles. The largest absolute Gasteiger partial charge is 0.355 e. The second-order valence-corrected chi connectivity index (χ2v) is 5.21. The summed E-state index contributed by atoms with van der Waals surface area (Å²) in [4.78, 5) is 14.2. The molecule has 0 aromatic carbocycles. The van der Waals surface area contributed by atoms with Crippen LogP contribution in [0, 0.1) is 5.41 Å². The highest BCUT2D eigenvalue weighted by molar-refractivity contribution is 5.87. The molecule has 2 N–H and O–H groups in total. The van der Waals surface area contributed by atoms with Gasteiger partial charge in [0.2, 0.25) is 0 Å². The van der Waals surface area contributed by atoms with Crippen LogP contribution in [0.1, 0.15) is 6.42 Å². The predicted molar refractivity (Wildman–Crippen MR) is 66.0 cm³/mol. The Bertz CT molecular complexity index is 557. The van der Waals surface area contributed by atoms with Crippen LogP contribution >= 0.6 is 0 Å². The third-order valence-electron chi connectivity index (χ3n) is 4.07. The lowest BCUT2D eigenvalue weighted by atomic mass is 9.81. The maximum Gasteiger partial charge on any atom is 0.142 e. The first kappa shape index (κ1) is 9.41. The van der Waals surface area contributed by atoms with Gasteiger partial charge in [-0.3, -0.25) is 0 Å². The second kappa shape index (κ2) is 3.20. The minimum Gasteiger partial charge on any atom is -0.355 e. The number of aromatic amines is 1. The van der Waals surface area contributed by atoms with Crippen LogP contribution in [-0.2, 0) is 0 Å². The van der Waals surface area contributed by atoms with Gasteiger partial charge < -0.3 is 15.2 Å². The Labute approximate surface area is 99.2 Å². The number of nitrogens with zero attached hydrogens (tertiary/aromatic N) is 3. The van der Waals surface area contributed by atoms with E-state index in [2.05, 4.69) is 31.2 Å². The van der Waals surface area contributed by atoms with Gasteiger partial charge in [-0.25, -0.2) is 9.97 Å². The molecular formula is C12H15N5. The zero-order valence-corrected chi connectivity index (χ0v) is 9.61. The van der Waals surface area contributed by atoms with Crippen LogP contribution in [0.25, 0.3) is 11.0 Å². The molecule has 2 aromatic rings. The maximum atomic E-state index is 4.46. The van der Waals surface area contributed by atoms with Crippen LogP contribution in [-0.4, -0.2) is 41.1 Å². The number of H-pyrrole nitrogens is 1. The van der Waals surface area contributed by atoms with E-state index in [0.717, 1.165) is 43.0 Å². The number of fused-ring (bicyclic) bond motifs is 1. The van der Waals surface area contributed by atoms with Gasteiger partial charge in [0.25, 0.3) is 0 Å². The topological polar surface area (TPSA) is 56.8 Å². The van der Waals surface area contributed by atoms with Crippen molar-refractivity contribution in [3.05, 3.63) is 18.6 Å². The van der Waals surface area contributed by atoms with Gasteiger partial charge in [-0.05, 0) is 12.5 Å². The molecule has 0 atom stereocenters. The maximum absolute atomic E-state index is 4.46. The van der Waals surface area contributed by atoms with Crippen molar-refractivity contribution in [3.63, 3.8) is 0 Å². The molecule has 0 radical (unpaired) electrons. The van der Waals surface area contributed by atoms with Gasteiger partial charge in [0.05, 0.1) is 5.39 Å². The van der Waals surface area contributed by atoms with Crippen LogP contribution in [0.15, 0.2) is 18.6 Å². The van der Waals surface area contributed by atoms with E-state index in [1.54, 1.807) is 6.33 Å². The fraction of sp³-hybridized carbons (Fsp3) is 0.500. The second-order valence-electron chi connectivity index (χ2n) is 5.21. The molecule has 17 heavy (non-hydrogen) atoms. The molecule has 2 aliphatic rings. The highest BCUT2D eigenvalue weighted by Crippen LogP contribution is 2.37. The van der Waals surface area contributed by atoms with Gasteiger partial charge in [-0.2, -0.15) is 0 Å². The molecule has 4 rings (SSSR count). The number of hydrogen-bond acceptors (Lipinski definition) is 4. The van der Waals surface area contributed by atoms with Gasteiger partial charge in [0.15, 0.2) is 0 Å². The molecule has 0 unspecified atom stereocenters. The van der Waals surface area contributed by atoms with Gasteiger partial charge in [-0.1, -0.05) is 0 Å². The minimum absolute atomic E-state index is 0.508. The Hall–Kier alpha value is -1.62. The third-order valence-corrected chi connectivity index (χ3v) is 4.07. The monoisotopic (exact) mass is 229 g/mol. The Kier molecular flexibility index (Phi) is 1.77. The van der Waals surface area contributed by atoms with Gasteiger partial charge in [0.1, 0.15) is 17.8 Å². The zero-order chi connectivity index (χ0) is 11.3. The van der Waals surface area contributed by atoms with E-state index in [4.69, 9.17) is 0 Å². The molecule has 88 valence electrons. The molecule has 2 aliphatic heterocycles. The SMILES string of the molecule is c1nc(N2CCC3(CNC3)C2)c2cc[nH]c2n1. The lowest BCUT2D eigenvalue weighted by Gasteiger charge is -2.39. The molecule has 5 nitrogen and oxygen atoms in total. The fourth-order valence-corrected chi connectivity index (χ4v) is 2.99. The van der Waals surface area contributed by atoms with E-state index in [0.29, 0.717) is 5.41 Å². The Morgan fingerprint density at radius 2 is 2.24 bits per heavy atom. The van der Waals surface area contributed by atoms with Crippen molar-refractivity contribution in [2.75, 3.05) is 31.1 Å². The Morgan fingerprint density at radius 1 is 1.29 bits per heavy atom. The molecule has 0 aliphatic carbocycles. The van der Waals surface area contributed by atoms with Crippen LogP contribution < -0.4 is 10.2 Å². The van der Waals surface area contributed by atoms with E-state index in [1.165, 1.54) is 6.42 Å². The number of nitrogens with one attached hydrogen (secondary N) is 2. The highest BCUT2D eigenvalue weighted by atomic mass is 15.2. The molecule has 0 bridgehead atoms. The first-order valence-electron chi connectivity index (χ1n) is 6.10. The van der Waals surface area contributed by atoms with E-state index < -0.39 is 0 Å². The van der Waals surface area contributed by atoms with Crippen molar-refractivity contribution >= 4 is 16.9 Å². The summed E-state index contributed by atoms with van der Waals surface area (Å²) in [5.74, 6) is 1.08. The molecule has 1 spiro atoms. The van der Waals surface area contributed by atoms with Crippen molar-refractivity contribution < 1.29 is 0 Å². The zero-order valence-electron chi connectivity index (χ0n) is 9.61. The summed E-state index contributed by atoms with van der Waals surface area (Å²) in [6.07, 6.45) is 4.85. The first-order chi connectivity index (χ1) is 8.36. The summed E-state index contributed by atoms with van der Waals surface area (Å²) in [6.45, 7) is 4.55. The van der Waals surface area contributed by atoms with Crippen molar-refractivity contribution in [1.29, 1.82) is 0 Å². The number of rotatable bonds is 1. The molecule has 0 saturated carbocycles. The van der Waals surface area contributed by atoms with Crippen LogP contribution in [0.3, 0.4) is 0 Å². The molecular weight excluding hydrogens is 214 g/mol. The van der Waals surface area contributed by atoms with Crippen molar-refractivity contribution in [2.45, 2.75) is 6.42 Å². The average Bonchev–Trinajstić information content (AvgIpc) is 2.94. The summed E-state index contributed by atoms with van der Waals surface area (Å²) in [7, 11) is 0. The van der Waals surface area contributed by atoms with Crippen LogP contribution in [0.5, 0.6) is 0 Å². The van der Waals surface area contributed by atoms with E-state index >= 15 is 0 Å². The average molecular weight is 229 g/mol. The third kappa shape index (κ3) is 1.29. The predicted octanol–water partition coefficient (Wildman–Crippen LogP) is 0.758. The molecule has 0 amide bonds. The van der Waals surface area contributed by atoms with Crippen LogP contribution in [0.2, 0.25) is 0 Å². The van der Waals surface area contributed by atoms with E-state index in [9.17, 15) is 0 Å². The van der Waals surface area contributed by atoms with Gasteiger partial charge in [0, 0.05) is 37.8 Å². The molecule has 2 aromatic heterocycles. The highest BCUT2D eigenvalue weighted by Gasteiger charge is 2.43. The van der Waals surface area contributed by atoms with Gasteiger partial charge >= 0.3 is 0 Å². The molecule has 2 saturated heterocycles.